The van der Waals surface area contributed by atoms with Gasteiger partial charge in [0.2, 0.25) is 0 Å². The van der Waals surface area contributed by atoms with Crippen LogP contribution < -0.4 is 10.6 Å². The number of carbonyl (C=O) groups excluding carboxylic acids is 2. The Hall–Kier alpha value is -0.830. The SMILES string of the molecule is CSCC(C)(O)CNC(=O)C(=O)NCCN1CCOCC1. The lowest BCUT2D eigenvalue weighted by atomic mass is 10.1. The molecule has 0 aromatic rings. The molecule has 0 aromatic carbocycles. The van der Waals surface area contributed by atoms with Gasteiger partial charge in [0.15, 0.2) is 0 Å². The average Bonchev–Trinajstić information content (AvgIpc) is 2.46. The number of nitrogens with one attached hydrogen (secondary N) is 2. The van der Waals surface area contributed by atoms with Gasteiger partial charge in [-0.25, -0.2) is 0 Å². The number of thioether (sulfide) groups is 1. The second kappa shape index (κ2) is 9.24. The normalized spacial score (nSPS) is 18.8. The Labute approximate surface area is 129 Å². The van der Waals surface area contributed by atoms with Crippen LogP contribution in [-0.2, 0) is 14.3 Å². The molecule has 1 unspecified atom stereocenters. The molecule has 0 spiro atoms. The second-order valence-electron chi connectivity index (χ2n) is 5.32. The van der Waals surface area contributed by atoms with Gasteiger partial charge in [0.25, 0.3) is 0 Å². The maximum Gasteiger partial charge on any atom is 0.309 e. The van der Waals surface area contributed by atoms with Crippen molar-refractivity contribution in [1.29, 1.82) is 0 Å². The smallest absolute Gasteiger partial charge is 0.309 e. The van der Waals surface area contributed by atoms with Crippen molar-refractivity contribution in [3.05, 3.63) is 0 Å². The van der Waals surface area contributed by atoms with Crippen LogP contribution in [0.1, 0.15) is 6.92 Å². The number of rotatable bonds is 7. The monoisotopic (exact) mass is 319 g/mol. The van der Waals surface area contributed by atoms with Gasteiger partial charge < -0.3 is 20.5 Å². The topological polar surface area (TPSA) is 90.9 Å². The molecule has 7 nitrogen and oxygen atoms in total. The molecule has 0 aromatic heterocycles. The van der Waals surface area contributed by atoms with E-state index < -0.39 is 17.4 Å². The van der Waals surface area contributed by atoms with Crippen LogP contribution in [0.25, 0.3) is 0 Å². The largest absolute Gasteiger partial charge is 0.387 e. The molecule has 1 atom stereocenters. The summed E-state index contributed by atoms with van der Waals surface area (Å²) in [6.07, 6.45) is 1.87. The Kier molecular flexibility index (Phi) is 8.02. The lowest BCUT2D eigenvalue weighted by Crippen LogP contribution is -2.49. The van der Waals surface area contributed by atoms with Crippen molar-refractivity contribution >= 4 is 23.6 Å². The van der Waals surface area contributed by atoms with Gasteiger partial charge in [-0.3, -0.25) is 14.5 Å². The average molecular weight is 319 g/mol. The molecule has 1 heterocycles. The summed E-state index contributed by atoms with van der Waals surface area (Å²) >= 11 is 1.48. The highest BCUT2D eigenvalue weighted by Gasteiger charge is 2.22. The van der Waals surface area contributed by atoms with Crippen molar-refractivity contribution in [2.45, 2.75) is 12.5 Å². The predicted molar refractivity (Wildman–Crippen MR) is 82.3 cm³/mol. The van der Waals surface area contributed by atoms with Gasteiger partial charge in [0, 0.05) is 38.5 Å². The van der Waals surface area contributed by atoms with Crippen molar-refractivity contribution < 1.29 is 19.4 Å². The van der Waals surface area contributed by atoms with Gasteiger partial charge in [-0.2, -0.15) is 11.8 Å². The lowest BCUT2D eigenvalue weighted by molar-refractivity contribution is -0.139. The van der Waals surface area contributed by atoms with Crippen LogP contribution in [0.3, 0.4) is 0 Å². The highest BCUT2D eigenvalue weighted by molar-refractivity contribution is 7.98. The summed E-state index contributed by atoms with van der Waals surface area (Å²) in [5, 5.41) is 14.9. The molecule has 1 rings (SSSR count). The van der Waals surface area contributed by atoms with Gasteiger partial charge in [-0.05, 0) is 13.2 Å². The third-order valence-corrected chi connectivity index (χ3v) is 4.02. The number of aliphatic hydroxyl groups is 1. The lowest BCUT2D eigenvalue weighted by Gasteiger charge is -2.26. The zero-order valence-corrected chi connectivity index (χ0v) is 13.5. The number of hydrogen-bond acceptors (Lipinski definition) is 6. The Morgan fingerprint density at radius 2 is 1.90 bits per heavy atom. The first kappa shape index (κ1) is 18.2. The minimum Gasteiger partial charge on any atom is -0.387 e. The molecule has 21 heavy (non-hydrogen) atoms. The molecule has 1 aliphatic heterocycles. The molecule has 1 saturated heterocycles. The Balaban J connectivity index is 2.17. The van der Waals surface area contributed by atoms with E-state index in [2.05, 4.69) is 15.5 Å². The number of nitrogens with zero attached hydrogens (tertiary/aromatic N) is 1. The fourth-order valence-electron chi connectivity index (χ4n) is 1.95. The van der Waals surface area contributed by atoms with E-state index >= 15 is 0 Å². The maximum atomic E-state index is 11.6. The van der Waals surface area contributed by atoms with Crippen molar-refractivity contribution in [1.82, 2.24) is 15.5 Å². The molecular weight excluding hydrogens is 294 g/mol. The van der Waals surface area contributed by atoms with E-state index in [9.17, 15) is 14.7 Å². The van der Waals surface area contributed by atoms with Crippen LogP contribution in [0.2, 0.25) is 0 Å². The van der Waals surface area contributed by atoms with Crippen LogP contribution in [0, 0.1) is 0 Å². The van der Waals surface area contributed by atoms with E-state index in [1.165, 1.54) is 11.8 Å². The fraction of sp³-hybridized carbons (Fsp3) is 0.846. The van der Waals surface area contributed by atoms with Crippen molar-refractivity contribution in [2.75, 3.05) is 57.9 Å². The zero-order valence-electron chi connectivity index (χ0n) is 12.7. The summed E-state index contributed by atoms with van der Waals surface area (Å²) in [5.41, 5.74) is -1.01. The summed E-state index contributed by atoms with van der Waals surface area (Å²) in [5.74, 6) is -0.882. The van der Waals surface area contributed by atoms with Crippen LogP contribution in [0.4, 0.5) is 0 Å². The summed E-state index contributed by atoms with van der Waals surface area (Å²) in [7, 11) is 0. The number of morpholine rings is 1. The predicted octanol–water partition coefficient (Wildman–Crippen LogP) is -1.33. The molecule has 0 bridgehead atoms. The second-order valence-corrected chi connectivity index (χ2v) is 6.19. The quantitative estimate of drug-likeness (QED) is 0.504. The van der Waals surface area contributed by atoms with E-state index in [4.69, 9.17) is 4.74 Å². The molecule has 1 fully saturated rings. The minimum atomic E-state index is -1.01. The first-order chi connectivity index (χ1) is 9.94. The van der Waals surface area contributed by atoms with Gasteiger partial charge in [0.1, 0.15) is 0 Å². The molecule has 2 amide bonds. The van der Waals surface area contributed by atoms with Crippen LogP contribution in [0.15, 0.2) is 0 Å². The summed E-state index contributed by atoms with van der Waals surface area (Å²) < 4.78 is 5.23. The minimum absolute atomic E-state index is 0.0591. The molecule has 0 aliphatic carbocycles. The maximum absolute atomic E-state index is 11.6. The molecule has 0 radical (unpaired) electrons. The van der Waals surface area contributed by atoms with E-state index in [-0.39, 0.29) is 6.54 Å². The number of amides is 2. The molecular formula is C13H25N3O4S. The Bertz CT molecular complexity index is 346. The molecule has 0 saturated carbocycles. The Morgan fingerprint density at radius 1 is 1.29 bits per heavy atom. The van der Waals surface area contributed by atoms with Crippen LogP contribution in [0.5, 0.6) is 0 Å². The molecule has 122 valence electrons. The van der Waals surface area contributed by atoms with Gasteiger partial charge in [0.05, 0.1) is 18.8 Å². The summed E-state index contributed by atoms with van der Waals surface area (Å²) in [6.45, 7) is 5.92. The van der Waals surface area contributed by atoms with Crippen molar-refractivity contribution in [3.8, 4) is 0 Å². The zero-order chi connectivity index (χ0) is 15.7. The van der Waals surface area contributed by atoms with Crippen LogP contribution >= 0.6 is 11.8 Å². The summed E-state index contributed by atoms with van der Waals surface area (Å²) in [4.78, 5) is 25.4. The van der Waals surface area contributed by atoms with Crippen molar-refractivity contribution in [3.63, 3.8) is 0 Å². The van der Waals surface area contributed by atoms with E-state index in [1.54, 1.807) is 6.92 Å². The Morgan fingerprint density at radius 3 is 2.52 bits per heavy atom. The fourth-order valence-corrected chi connectivity index (χ4v) is 2.67. The third-order valence-electron chi connectivity index (χ3n) is 3.11. The number of hydrogen-bond donors (Lipinski definition) is 3. The summed E-state index contributed by atoms with van der Waals surface area (Å²) in [6, 6.07) is 0. The molecule has 3 N–H and O–H groups in total. The van der Waals surface area contributed by atoms with Gasteiger partial charge >= 0.3 is 11.8 Å². The standard InChI is InChI=1S/C13H25N3O4S/c1-13(19,10-21-2)9-15-12(18)11(17)14-3-4-16-5-7-20-8-6-16/h19H,3-10H2,1-2H3,(H,14,17)(H,15,18). The number of carbonyl (C=O) groups is 2. The highest BCUT2D eigenvalue weighted by Crippen LogP contribution is 2.08. The first-order valence-corrected chi connectivity index (χ1v) is 8.41. The van der Waals surface area contributed by atoms with E-state index in [1.807, 2.05) is 6.26 Å². The van der Waals surface area contributed by atoms with Gasteiger partial charge in [-0.1, -0.05) is 0 Å². The molecule has 1 aliphatic rings. The van der Waals surface area contributed by atoms with Crippen LogP contribution in [-0.4, -0.2) is 85.4 Å². The van der Waals surface area contributed by atoms with E-state index in [0.717, 1.165) is 13.1 Å². The third kappa shape index (κ3) is 7.66. The number of ether oxygens (including phenoxy) is 1. The highest BCUT2D eigenvalue weighted by atomic mass is 32.2. The van der Waals surface area contributed by atoms with E-state index in [0.29, 0.717) is 32.1 Å². The first-order valence-electron chi connectivity index (χ1n) is 7.02. The van der Waals surface area contributed by atoms with Crippen molar-refractivity contribution in [2.24, 2.45) is 0 Å². The van der Waals surface area contributed by atoms with Gasteiger partial charge in [-0.15, -0.1) is 0 Å². The molecule has 8 heteroatoms.